The van der Waals surface area contributed by atoms with Crippen LogP contribution in [0.15, 0.2) is 18.2 Å². The molecule has 2 heteroatoms. The van der Waals surface area contributed by atoms with Gasteiger partial charge in [-0.1, -0.05) is 26.0 Å². The van der Waals surface area contributed by atoms with Gasteiger partial charge in [0.15, 0.2) is 0 Å². The molecule has 0 radical (unpaired) electrons. The molecule has 2 heterocycles. The smallest absolute Gasteiger partial charge is 0.122 e. The van der Waals surface area contributed by atoms with Crippen molar-refractivity contribution in [2.75, 3.05) is 13.2 Å². The van der Waals surface area contributed by atoms with Crippen LogP contribution in [0.3, 0.4) is 0 Å². The third-order valence-corrected chi connectivity index (χ3v) is 4.43. The summed E-state index contributed by atoms with van der Waals surface area (Å²) in [4.78, 5) is 0. The highest BCUT2D eigenvalue weighted by atomic mass is 16.5. The Morgan fingerprint density at radius 2 is 2.26 bits per heavy atom. The summed E-state index contributed by atoms with van der Waals surface area (Å²) >= 11 is 0. The number of fused-ring (bicyclic) bond motifs is 1. The van der Waals surface area contributed by atoms with E-state index in [2.05, 4.69) is 37.4 Å². The average molecular weight is 259 g/mol. The van der Waals surface area contributed by atoms with E-state index in [9.17, 15) is 0 Å². The second-order valence-electron chi connectivity index (χ2n) is 6.63. The fourth-order valence-corrected chi connectivity index (χ4v) is 3.79. The molecule has 19 heavy (non-hydrogen) atoms. The molecule has 0 saturated carbocycles. The van der Waals surface area contributed by atoms with Gasteiger partial charge in [0.2, 0.25) is 0 Å². The molecule has 0 bridgehead atoms. The highest BCUT2D eigenvalue weighted by Gasteiger charge is 2.34. The number of rotatable bonds is 4. The van der Waals surface area contributed by atoms with Gasteiger partial charge in [-0.25, -0.2) is 0 Å². The summed E-state index contributed by atoms with van der Waals surface area (Å²) < 4.78 is 5.60. The highest BCUT2D eigenvalue weighted by Crippen LogP contribution is 2.33. The first-order valence-electron chi connectivity index (χ1n) is 7.67. The zero-order valence-corrected chi connectivity index (χ0v) is 12.2. The minimum atomic E-state index is 0.335. The zero-order chi connectivity index (χ0) is 13.3. The van der Waals surface area contributed by atoms with Gasteiger partial charge in [-0.05, 0) is 55.3 Å². The molecule has 0 amide bonds. The molecule has 2 nitrogen and oxygen atoms in total. The molecule has 1 fully saturated rings. The Labute approximate surface area is 116 Å². The SMILES string of the molecule is CC(C)CC1(Cc2ccc3c(c2)CCO3)CCCN1. The maximum absolute atomic E-state index is 5.60. The quantitative estimate of drug-likeness (QED) is 0.895. The molecule has 104 valence electrons. The minimum Gasteiger partial charge on any atom is -0.493 e. The molecular weight excluding hydrogens is 234 g/mol. The van der Waals surface area contributed by atoms with Crippen LogP contribution in [0.5, 0.6) is 5.75 Å². The topological polar surface area (TPSA) is 21.3 Å². The molecule has 1 N–H and O–H groups in total. The van der Waals surface area contributed by atoms with Crippen molar-refractivity contribution in [3.8, 4) is 5.75 Å². The van der Waals surface area contributed by atoms with Crippen molar-refractivity contribution in [3.63, 3.8) is 0 Å². The van der Waals surface area contributed by atoms with Crippen LogP contribution in [0.25, 0.3) is 0 Å². The second kappa shape index (κ2) is 5.16. The van der Waals surface area contributed by atoms with Gasteiger partial charge >= 0.3 is 0 Å². The maximum atomic E-state index is 5.60. The number of benzene rings is 1. The van der Waals surface area contributed by atoms with Crippen LogP contribution in [0.2, 0.25) is 0 Å². The van der Waals surface area contributed by atoms with Crippen LogP contribution < -0.4 is 10.1 Å². The molecule has 1 saturated heterocycles. The molecule has 1 atom stereocenters. The van der Waals surface area contributed by atoms with Crippen molar-refractivity contribution >= 4 is 0 Å². The van der Waals surface area contributed by atoms with E-state index in [1.165, 1.54) is 43.4 Å². The lowest BCUT2D eigenvalue weighted by Crippen LogP contribution is -2.43. The van der Waals surface area contributed by atoms with Gasteiger partial charge in [-0.3, -0.25) is 0 Å². The predicted molar refractivity (Wildman–Crippen MR) is 78.8 cm³/mol. The van der Waals surface area contributed by atoms with Crippen molar-refractivity contribution in [2.24, 2.45) is 5.92 Å². The summed E-state index contributed by atoms with van der Waals surface area (Å²) in [5.41, 5.74) is 3.21. The number of nitrogens with one attached hydrogen (secondary N) is 1. The lowest BCUT2D eigenvalue weighted by Gasteiger charge is -2.32. The third kappa shape index (κ3) is 2.79. The van der Waals surface area contributed by atoms with Gasteiger partial charge < -0.3 is 10.1 Å². The highest BCUT2D eigenvalue weighted by molar-refractivity contribution is 5.40. The van der Waals surface area contributed by atoms with E-state index < -0.39 is 0 Å². The molecule has 0 spiro atoms. The first kappa shape index (κ1) is 13.0. The third-order valence-electron chi connectivity index (χ3n) is 4.43. The van der Waals surface area contributed by atoms with E-state index >= 15 is 0 Å². The molecule has 1 unspecified atom stereocenters. The maximum Gasteiger partial charge on any atom is 0.122 e. The lowest BCUT2D eigenvalue weighted by molar-refractivity contribution is 0.301. The van der Waals surface area contributed by atoms with Crippen molar-refractivity contribution in [2.45, 2.75) is 51.5 Å². The van der Waals surface area contributed by atoms with E-state index in [4.69, 9.17) is 4.74 Å². The Balaban J connectivity index is 1.78. The van der Waals surface area contributed by atoms with Crippen molar-refractivity contribution in [1.29, 1.82) is 0 Å². The Bertz CT molecular complexity index is 447. The number of ether oxygens (including phenoxy) is 1. The van der Waals surface area contributed by atoms with Crippen molar-refractivity contribution in [1.82, 2.24) is 5.32 Å². The molecular formula is C17H25NO. The van der Waals surface area contributed by atoms with E-state index in [1.807, 2.05) is 0 Å². The average Bonchev–Trinajstić information content (AvgIpc) is 2.97. The monoisotopic (exact) mass is 259 g/mol. The summed E-state index contributed by atoms with van der Waals surface area (Å²) in [5, 5.41) is 3.79. The molecule has 2 aliphatic rings. The van der Waals surface area contributed by atoms with Gasteiger partial charge in [-0.15, -0.1) is 0 Å². The Kier molecular flexibility index (Phi) is 3.53. The summed E-state index contributed by atoms with van der Waals surface area (Å²) in [7, 11) is 0. The predicted octanol–water partition coefficient (Wildman–Crippen LogP) is 3.33. The molecule has 1 aromatic rings. The summed E-state index contributed by atoms with van der Waals surface area (Å²) in [6.07, 6.45) is 6.16. The second-order valence-corrected chi connectivity index (χ2v) is 6.63. The van der Waals surface area contributed by atoms with Crippen molar-refractivity contribution < 1.29 is 4.74 Å². The molecule has 1 aromatic carbocycles. The zero-order valence-electron chi connectivity index (χ0n) is 12.2. The minimum absolute atomic E-state index is 0.335. The van der Waals surface area contributed by atoms with Gasteiger partial charge in [0.05, 0.1) is 6.61 Å². The Morgan fingerprint density at radius 1 is 1.37 bits per heavy atom. The van der Waals surface area contributed by atoms with E-state index in [0.29, 0.717) is 5.54 Å². The van der Waals surface area contributed by atoms with Crippen LogP contribution in [-0.2, 0) is 12.8 Å². The summed E-state index contributed by atoms with van der Waals surface area (Å²) in [6.45, 7) is 6.70. The number of hydrogen-bond donors (Lipinski definition) is 1. The van der Waals surface area contributed by atoms with Crippen LogP contribution >= 0.6 is 0 Å². The molecule has 2 aliphatic heterocycles. The first-order chi connectivity index (χ1) is 9.17. The van der Waals surface area contributed by atoms with Crippen LogP contribution in [0, 0.1) is 5.92 Å². The van der Waals surface area contributed by atoms with Crippen LogP contribution in [0.4, 0.5) is 0 Å². The normalized spacial score (nSPS) is 25.6. The first-order valence-corrected chi connectivity index (χ1v) is 7.67. The molecule has 3 rings (SSSR count). The number of hydrogen-bond acceptors (Lipinski definition) is 2. The van der Waals surface area contributed by atoms with Gasteiger partial charge in [-0.2, -0.15) is 0 Å². The Hall–Kier alpha value is -1.02. The molecule has 0 aliphatic carbocycles. The van der Waals surface area contributed by atoms with Crippen LogP contribution in [-0.4, -0.2) is 18.7 Å². The Morgan fingerprint density at radius 3 is 3.00 bits per heavy atom. The van der Waals surface area contributed by atoms with Crippen molar-refractivity contribution in [3.05, 3.63) is 29.3 Å². The molecule has 0 aromatic heterocycles. The van der Waals surface area contributed by atoms with Gasteiger partial charge in [0.25, 0.3) is 0 Å². The largest absolute Gasteiger partial charge is 0.493 e. The van der Waals surface area contributed by atoms with E-state index in [0.717, 1.165) is 24.7 Å². The lowest BCUT2D eigenvalue weighted by atomic mass is 9.82. The van der Waals surface area contributed by atoms with Crippen LogP contribution in [0.1, 0.15) is 44.2 Å². The summed E-state index contributed by atoms with van der Waals surface area (Å²) in [5.74, 6) is 1.85. The van der Waals surface area contributed by atoms with Gasteiger partial charge in [0, 0.05) is 12.0 Å². The summed E-state index contributed by atoms with van der Waals surface area (Å²) in [6, 6.07) is 6.78. The fourth-order valence-electron chi connectivity index (χ4n) is 3.79. The van der Waals surface area contributed by atoms with E-state index in [-0.39, 0.29) is 0 Å². The fraction of sp³-hybridized carbons (Fsp3) is 0.647. The standard InChI is InChI=1S/C17H25NO/c1-13(2)11-17(7-3-8-18-17)12-14-4-5-16-15(10-14)6-9-19-16/h4-5,10,13,18H,3,6-9,11-12H2,1-2H3. The van der Waals surface area contributed by atoms with Gasteiger partial charge in [0.1, 0.15) is 5.75 Å². The van der Waals surface area contributed by atoms with E-state index in [1.54, 1.807) is 0 Å².